The maximum Gasteiger partial charge on any atom is 0.433 e. The van der Waals surface area contributed by atoms with E-state index in [9.17, 15) is 26.4 Å². The van der Waals surface area contributed by atoms with E-state index >= 15 is 0 Å². The van der Waals surface area contributed by atoms with E-state index in [0.717, 1.165) is 12.3 Å². The number of para-hydroxylation sites is 1. The summed E-state index contributed by atoms with van der Waals surface area (Å²) < 4.78 is 65.6. The number of nitrogens with one attached hydrogen (secondary N) is 3. The van der Waals surface area contributed by atoms with Gasteiger partial charge in [-0.05, 0) is 43.8 Å². The molecule has 4 rings (SSSR count). The van der Waals surface area contributed by atoms with Crippen LogP contribution in [0.2, 0.25) is 0 Å². The first kappa shape index (κ1) is 25.7. The summed E-state index contributed by atoms with van der Waals surface area (Å²) in [4.78, 5) is 18.6. The van der Waals surface area contributed by atoms with Crippen LogP contribution in [0.1, 0.15) is 22.5 Å². The lowest BCUT2D eigenvalue weighted by Crippen LogP contribution is -2.53. The van der Waals surface area contributed by atoms with E-state index in [1.54, 1.807) is 42.5 Å². The lowest BCUT2D eigenvalue weighted by Gasteiger charge is -2.37. The molecule has 1 saturated heterocycles. The van der Waals surface area contributed by atoms with Crippen LogP contribution in [0.25, 0.3) is 10.9 Å². The molecule has 0 unspecified atom stereocenters. The molecular formula is C24H26F3N5O3S. The second-order valence-corrected chi connectivity index (χ2v) is 10.7. The Morgan fingerprint density at radius 1 is 1.06 bits per heavy atom. The first-order chi connectivity index (χ1) is 16.9. The summed E-state index contributed by atoms with van der Waals surface area (Å²) in [7, 11) is -1.62. The molecule has 1 fully saturated rings. The van der Waals surface area contributed by atoms with E-state index < -0.39 is 21.9 Å². The number of likely N-dealkylation sites (tertiary alicyclic amines) is 1. The topological polar surface area (TPSA) is 103 Å². The number of benzene rings is 2. The third-order valence-corrected chi connectivity index (χ3v) is 6.37. The van der Waals surface area contributed by atoms with Crippen LogP contribution in [0.5, 0.6) is 0 Å². The number of pyridine rings is 1. The summed E-state index contributed by atoms with van der Waals surface area (Å²) >= 11 is 0. The first-order valence-corrected chi connectivity index (χ1v) is 13.1. The van der Waals surface area contributed by atoms with Crippen molar-refractivity contribution < 1.29 is 26.4 Å². The van der Waals surface area contributed by atoms with Crippen molar-refractivity contribution in [1.82, 2.24) is 15.2 Å². The number of carbonyl (C=O) groups is 1. The van der Waals surface area contributed by atoms with Gasteiger partial charge in [-0.1, -0.05) is 24.3 Å². The summed E-state index contributed by atoms with van der Waals surface area (Å²) in [5.74, 6) is -0.375. The molecule has 0 aliphatic carbocycles. The lowest BCUT2D eigenvalue weighted by molar-refractivity contribution is -0.140. The second-order valence-electron chi connectivity index (χ2n) is 8.99. The highest BCUT2D eigenvalue weighted by atomic mass is 32.2. The van der Waals surface area contributed by atoms with Gasteiger partial charge in [0, 0.05) is 47.5 Å². The zero-order valence-corrected chi connectivity index (χ0v) is 20.4. The number of nitrogens with zero attached hydrogens (tertiary/aromatic N) is 2. The molecule has 3 aromatic rings. The Hall–Kier alpha value is -3.38. The average Bonchev–Trinajstić information content (AvgIpc) is 2.77. The fourth-order valence-corrected chi connectivity index (χ4v) is 4.95. The van der Waals surface area contributed by atoms with Crippen molar-refractivity contribution in [3.63, 3.8) is 0 Å². The molecule has 1 aliphatic heterocycles. The number of piperidine rings is 1. The highest BCUT2D eigenvalue weighted by molar-refractivity contribution is 7.92. The normalized spacial score (nSPS) is 19.1. The van der Waals surface area contributed by atoms with Crippen LogP contribution in [0.15, 0.2) is 54.6 Å². The number of anilines is 2. The molecule has 192 valence electrons. The van der Waals surface area contributed by atoms with E-state index in [0.29, 0.717) is 30.6 Å². The number of sulfonamides is 1. The van der Waals surface area contributed by atoms with Crippen LogP contribution >= 0.6 is 0 Å². The van der Waals surface area contributed by atoms with Gasteiger partial charge >= 0.3 is 6.18 Å². The van der Waals surface area contributed by atoms with Crippen LogP contribution in [0.3, 0.4) is 0 Å². The Kier molecular flexibility index (Phi) is 7.10. The van der Waals surface area contributed by atoms with Gasteiger partial charge in [0.2, 0.25) is 10.0 Å². The number of hydrogen-bond donors (Lipinski definition) is 3. The Morgan fingerprint density at radius 2 is 1.78 bits per heavy atom. The summed E-state index contributed by atoms with van der Waals surface area (Å²) in [6.07, 6.45) is -3.08. The van der Waals surface area contributed by atoms with Gasteiger partial charge in [-0.2, -0.15) is 13.2 Å². The number of aromatic nitrogens is 1. The van der Waals surface area contributed by atoms with Gasteiger partial charge in [0.05, 0.1) is 11.8 Å². The molecule has 1 aliphatic rings. The predicted molar refractivity (Wildman–Crippen MR) is 132 cm³/mol. The fraction of sp³-hybridized carbons (Fsp3) is 0.333. The number of amides is 1. The van der Waals surface area contributed by atoms with Crippen LogP contribution in [0.4, 0.5) is 24.5 Å². The Morgan fingerprint density at radius 3 is 2.50 bits per heavy atom. The van der Waals surface area contributed by atoms with Gasteiger partial charge < -0.3 is 15.5 Å². The first-order valence-electron chi connectivity index (χ1n) is 11.2. The van der Waals surface area contributed by atoms with Gasteiger partial charge in [-0.15, -0.1) is 0 Å². The molecular weight excluding hydrogens is 495 g/mol. The van der Waals surface area contributed by atoms with Gasteiger partial charge in [-0.3, -0.25) is 9.52 Å². The van der Waals surface area contributed by atoms with Crippen LogP contribution in [0, 0.1) is 0 Å². The predicted octanol–water partition coefficient (Wildman–Crippen LogP) is 3.54. The summed E-state index contributed by atoms with van der Waals surface area (Å²) in [6.45, 7) is 1.12. The monoisotopic (exact) mass is 521 g/mol. The van der Waals surface area contributed by atoms with E-state index in [1.807, 2.05) is 11.9 Å². The number of carbonyl (C=O) groups excluding carboxylic acids is 1. The molecule has 2 atom stereocenters. The highest BCUT2D eigenvalue weighted by Crippen LogP contribution is 2.33. The number of fused-ring (bicyclic) bond motifs is 1. The van der Waals surface area contributed by atoms with E-state index in [1.165, 1.54) is 6.07 Å². The van der Waals surface area contributed by atoms with Gasteiger partial charge in [0.1, 0.15) is 5.69 Å². The molecule has 3 N–H and O–H groups in total. The highest BCUT2D eigenvalue weighted by Gasteiger charge is 2.34. The van der Waals surface area contributed by atoms with Gasteiger partial charge in [0.25, 0.3) is 5.91 Å². The third-order valence-electron chi connectivity index (χ3n) is 5.76. The smallest absolute Gasteiger partial charge is 0.380 e. The quantitative estimate of drug-likeness (QED) is 0.459. The van der Waals surface area contributed by atoms with Gasteiger partial charge in [-0.25, -0.2) is 13.4 Å². The van der Waals surface area contributed by atoms with Crippen LogP contribution in [-0.2, 0) is 16.2 Å². The van der Waals surface area contributed by atoms with Crippen molar-refractivity contribution in [1.29, 1.82) is 0 Å². The average molecular weight is 522 g/mol. The standard InChI is InChI=1S/C24H26F3N5O3S/c1-32-13-17(28-21-12-22(24(25,26)27)30-20-9-4-3-8-19(20)21)11-18(14-32)29-23(33)15-6-5-7-16(10-15)31-36(2,34)35/h3-10,12,17-18,31H,11,13-14H2,1-2H3,(H,28,30)(H,29,33)/t17-,18+/m1/s1. The van der Waals surface area contributed by atoms with E-state index in [-0.39, 0.29) is 34.8 Å². The molecule has 1 amide bonds. The minimum atomic E-state index is -4.58. The number of halogens is 3. The molecule has 8 nitrogen and oxygen atoms in total. The molecule has 2 heterocycles. The van der Waals surface area contributed by atoms with E-state index in [2.05, 4.69) is 20.3 Å². The van der Waals surface area contributed by atoms with Crippen molar-refractivity contribution in [3.05, 3.63) is 65.9 Å². The molecule has 0 radical (unpaired) electrons. The molecule has 0 bridgehead atoms. The summed E-state index contributed by atoms with van der Waals surface area (Å²) in [5, 5.41) is 6.77. The van der Waals surface area contributed by atoms with Crippen LogP contribution < -0.4 is 15.4 Å². The Bertz CT molecular complexity index is 1380. The molecule has 0 saturated carbocycles. The fourth-order valence-electron chi connectivity index (χ4n) is 4.40. The maximum atomic E-state index is 13.4. The molecule has 2 aromatic carbocycles. The van der Waals surface area contributed by atoms with Gasteiger partial charge in [0.15, 0.2) is 0 Å². The van der Waals surface area contributed by atoms with Crippen molar-refractivity contribution >= 4 is 38.2 Å². The van der Waals surface area contributed by atoms with Crippen molar-refractivity contribution in [2.45, 2.75) is 24.7 Å². The minimum absolute atomic E-state index is 0.237. The maximum absolute atomic E-state index is 13.4. The molecule has 36 heavy (non-hydrogen) atoms. The number of hydrogen-bond acceptors (Lipinski definition) is 6. The van der Waals surface area contributed by atoms with Crippen molar-refractivity contribution in [3.8, 4) is 0 Å². The number of likely N-dealkylation sites (N-methyl/N-ethyl adjacent to an activating group) is 1. The third kappa shape index (κ3) is 6.43. The molecule has 0 spiro atoms. The van der Waals surface area contributed by atoms with Crippen molar-refractivity contribution in [2.24, 2.45) is 0 Å². The number of rotatable bonds is 6. The largest absolute Gasteiger partial charge is 0.433 e. The van der Waals surface area contributed by atoms with Crippen molar-refractivity contribution in [2.75, 3.05) is 36.4 Å². The zero-order chi connectivity index (χ0) is 26.1. The zero-order valence-electron chi connectivity index (χ0n) is 19.6. The summed E-state index contributed by atoms with van der Waals surface area (Å²) in [6, 6.07) is 13.3. The Labute approximate surface area is 206 Å². The SMILES string of the molecule is CN1C[C@@H](NC(=O)c2cccc(NS(C)(=O)=O)c2)C[C@@H](Nc2cc(C(F)(F)F)nc3ccccc23)C1. The lowest BCUT2D eigenvalue weighted by atomic mass is 9.99. The minimum Gasteiger partial charge on any atom is -0.380 e. The summed E-state index contributed by atoms with van der Waals surface area (Å²) in [5.41, 5.74) is 0.163. The second kappa shape index (κ2) is 9.94. The number of alkyl halides is 3. The van der Waals surface area contributed by atoms with Crippen LogP contribution in [-0.4, -0.2) is 62.7 Å². The molecule has 12 heteroatoms. The Balaban J connectivity index is 1.51. The molecule has 1 aromatic heterocycles. The van der Waals surface area contributed by atoms with E-state index in [4.69, 9.17) is 0 Å².